The molecule has 0 saturated carbocycles. The van der Waals surface area contributed by atoms with E-state index in [-0.39, 0.29) is 11.5 Å². The first kappa shape index (κ1) is 13.6. The van der Waals surface area contributed by atoms with Crippen molar-refractivity contribution in [3.63, 3.8) is 0 Å². The molecule has 3 rings (SSSR count). The molecule has 0 amide bonds. The van der Waals surface area contributed by atoms with Crippen LogP contribution in [0.1, 0.15) is 22.4 Å². The first-order valence-corrected chi connectivity index (χ1v) is 8.78. The van der Waals surface area contributed by atoms with E-state index in [2.05, 4.69) is 4.72 Å². The Labute approximate surface area is 122 Å². The quantitative estimate of drug-likeness (QED) is 0.912. The second-order valence-corrected chi connectivity index (χ2v) is 7.46. The first-order chi connectivity index (χ1) is 9.60. The molecule has 1 aromatic carbocycles. The van der Waals surface area contributed by atoms with Crippen molar-refractivity contribution in [2.24, 2.45) is 0 Å². The lowest BCUT2D eigenvalue weighted by Crippen LogP contribution is -2.14. The SMILES string of the molecule is O=S(=O)(Nc1ccc2c(c1)CCC2)c1ccsc1CO. The number of hydrogen-bond acceptors (Lipinski definition) is 4. The van der Waals surface area contributed by atoms with Crippen LogP contribution in [0.4, 0.5) is 5.69 Å². The lowest BCUT2D eigenvalue weighted by atomic mass is 10.1. The molecule has 1 aliphatic rings. The van der Waals surface area contributed by atoms with Crippen molar-refractivity contribution in [2.75, 3.05) is 4.72 Å². The minimum Gasteiger partial charge on any atom is -0.391 e. The highest BCUT2D eigenvalue weighted by Gasteiger charge is 2.20. The standard InChI is InChI=1S/C14H15NO3S2/c16-9-13-14(6-7-19-13)20(17,18)15-12-5-4-10-2-1-3-11(10)8-12/h4-8,15-16H,1-3,9H2. The molecule has 2 aromatic rings. The largest absolute Gasteiger partial charge is 0.391 e. The van der Waals surface area contributed by atoms with Gasteiger partial charge in [-0.3, -0.25) is 4.72 Å². The van der Waals surface area contributed by atoms with Crippen molar-refractivity contribution < 1.29 is 13.5 Å². The number of fused-ring (bicyclic) bond motifs is 1. The van der Waals surface area contributed by atoms with Crippen LogP contribution < -0.4 is 4.72 Å². The zero-order valence-electron chi connectivity index (χ0n) is 10.8. The molecule has 106 valence electrons. The average Bonchev–Trinajstić information content (AvgIpc) is 3.06. The van der Waals surface area contributed by atoms with E-state index in [0.29, 0.717) is 10.6 Å². The van der Waals surface area contributed by atoms with Crippen LogP contribution in [0.15, 0.2) is 34.5 Å². The summed E-state index contributed by atoms with van der Waals surface area (Å²) in [5, 5.41) is 10.9. The molecule has 0 saturated heterocycles. The third kappa shape index (κ3) is 2.46. The molecule has 0 aliphatic heterocycles. The van der Waals surface area contributed by atoms with Gasteiger partial charge in [0.25, 0.3) is 10.0 Å². The lowest BCUT2D eigenvalue weighted by molar-refractivity contribution is 0.282. The molecule has 1 heterocycles. The van der Waals surface area contributed by atoms with Gasteiger partial charge >= 0.3 is 0 Å². The summed E-state index contributed by atoms with van der Waals surface area (Å²) in [7, 11) is -3.63. The maximum atomic E-state index is 12.3. The number of benzene rings is 1. The average molecular weight is 309 g/mol. The Morgan fingerprint density at radius 1 is 1.20 bits per heavy atom. The maximum Gasteiger partial charge on any atom is 0.263 e. The summed E-state index contributed by atoms with van der Waals surface area (Å²) in [6.45, 7) is -0.266. The van der Waals surface area contributed by atoms with E-state index < -0.39 is 10.0 Å². The molecule has 6 heteroatoms. The number of thiophene rings is 1. The molecule has 1 aliphatic carbocycles. The van der Waals surface area contributed by atoms with Crippen molar-refractivity contribution in [1.82, 2.24) is 0 Å². The van der Waals surface area contributed by atoms with Gasteiger partial charge in [-0.15, -0.1) is 11.3 Å². The van der Waals surface area contributed by atoms with E-state index >= 15 is 0 Å². The highest BCUT2D eigenvalue weighted by molar-refractivity contribution is 7.93. The molecule has 0 radical (unpaired) electrons. The van der Waals surface area contributed by atoms with Crippen LogP contribution in [-0.2, 0) is 29.5 Å². The van der Waals surface area contributed by atoms with Gasteiger partial charge in [0.05, 0.1) is 11.5 Å². The van der Waals surface area contributed by atoms with E-state index in [4.69, 9.17) is 0 Å². The summed E-state index contributed by atoms with van der Waals surface area (Å²) in [5.74, 6) is 0. The van der Waals surface area contributed by atoms with E-state index in [1.807, 2.05) is 12.1 Å². The number of hydrogen-bond donors (Lipinski definition) is 2. The minimum atomic E-state index is -3.63. The van der Waals surface area contributed by atoms with E-state index in [9.17, 15) is 13.5 Å². The van der Waals surface area contributed by atoms with Gasteiger partial charge in [-0.1, -0.05) is 6.07 Å². The number of anilines is 1. The van der Waals surface area contributed by atoms with Gasteiger partial charge in [-0.25, -0.2) is 8.42 Å². The second kappa shape index (κ2) is 5.20. The van der Waals surface area contributed by atoms with Crippen molar-refractivity contribution in [3.8, 4) is 0 Å². The van der Waals surface area contributed by atoms with Gasteiger partial charge in [0.1, 0.15) is 4.90 Å². The summed E-state index contributed by atoms with van der Waals surface area (Å²) >= 11 is 1.24. The van der Waals surface area contributed by atoms with Crippen LogP contribution in [0.5, 0.6) is 0 Å². The van der Waals surface area contributed by atoms with Crippen LogP contribution in [0.25, 0.3) is 0 Å². The minimum absolute atomic E-state index is 0.158. The first-order valence-electron chi connectivity index (χ1n) is 6.42. The van der Waals surface area contributed by atoms with Crippen molar-refractivity contribution in [1.29, 1.82) is 0 Å². The molecule has 0 fully saturated rings. The van der Waals surface area contributed by atoms with Gasteiger partial charge in [-0.2, -0.15) is 0 Å². The van der Waals surface area contributed by atoms with Crippen molar-refractivity contribution >= 4 is 27.0 Å². The Balaban J connectivity index is 1.90. The molecular weight excluding hydrogens is 294 g/mol. The summed E-state index contributed by atoms with van der Waals surface area (Å²) < 4.78 is 27.2. The number of sulfonamides is 1. The summed E-state index contributed by atoms with van der Waals surface area (Å²) in [5.41, 5.74) is 3.11. The molecule has 4 nitrogen and oxygen atoms in total. The van der Waals surface area contributed by atoms with Crippen LogP contribution >= 0.6 is 11.3 Å². The topological polar surface area (TPSA) is 66.4 Å². The summed E-state index contributed by atoms with van der Waals surface area (Å²) in [4.78, 5) is 0.615. The predicted molar refractivity (Wildman–Crippen MR) is 79.5 cm³/mol. The summed E-state index contributed by atoms with van der Waals surface area (Å²) in [6.07, 6.45) is 3.21. The lowest BCUT2D eigenvalue weighted by Gasteiger charge is -2.09. The zero-order chi connectivity index (χ0) is 14.2. The van der Waals surface area contributed by atoms with Gasteiger partial charge in [-0.05, 0) is 54.0 Å². The van der Waals surface area contributed by atoms with Gasteiger partial charge in [0, 0.05) is 5.69 Å². The molecule has 2 N–H and O–H groups in total. The second-order valence-electron chi connectivity index (χ2n) is 4.81. The van der Waals surface area contributed by atoms with E-state index in [0.717, 1.165) is 19.3 Å². The molecule has 0 atom stereocenters. The Bertz CT molecular complexity index is 735. The molecule has 0 unspecified atom stereocenters. The van der Waals surface area contributed by atoms with Gasteiger partial charge in [0.2, 0.25) is 0 Å². The fraction of sp³-hybridized carbons (Fsp3) is 0.286. The number of nitrogens with one attached hydrogen (secondary N) is 1. The third-order valence-corrected chi connectivity index (χ3v) is 5.99. The molecule has 0 spiro atoms. The van der Waals surface area contributed by atoms with Gasteiger partial charge < -0.3 is 5.11 Å². The van der Waals surface area contributed by atoms with Crippen LogP contribution in [0.3, 0.4) is 0 Å². The van der Waals surface area contributed by atoms with Crippen LogP contribution in [0.2, 0.25) is 0 Å². The predicted octanol–water partition coefficient (Wildman–Crippen LogP) is 2.53. The monoisotopic (exact) mass is 309 g/mol. The molecule has 20 heavy (non-hydrogen) atoms. The van der Waals surface area contributed by atoms with Crippen LogP contribution in [-0.4, -0.2) is 13.5 Å². The fourth-order valence-electron chi connectivity index (χ4n) is 2.53. The number of aliphatic hydroxyl groups excluding tert-OH is 1. The Kier molecular flexibility index (Phi) is 3.54. The fourth-order valence-corrected chi connectivity index (χ4v) is 4.87. The van der Waals surface area contributed by atoms with Crippen LogP contribution in [0, 0.1) is 0 Å². The van der Waals surface area contributed by atoms with E-state index in [1.54, 1.807) is 11.4 Å². The molecular formula is C14H15NO3S2. The Hall–Kier alpha value is -1.37. The maximum absolute atomic E-state index is 12.3. The summed E-state index contributed by atoms with van der Waals surface area (Å²) in [6, 6.07) is 7.21. The highest BCUT2D eigenvalue weighted by atomic mass is 32.2. The zero-order valence-corrected chi connectivity index (χ0v) is 12.4. The third-order valence-electron chi connectivity index (χ3n) is 3.49. The Morgan fingerprint density at radius 2 is 2.00 bits per heavy atom. The number of rotatable bonds is 4. The number of aliphatic hydroxyl groups is 1. The van der Waals surface area contributed by atoms with E-state index in [1.165, 1.54) is 28.5 Å². The number of aryl methyl sites for hydroxylation is 2. The Morgan fingerprint density at radius 3 is 2.80 bits per heavy atom. The van der Waals surface area contributed by atoms with Crippen molar-refractivity contribution in [2.45, 2.75) is 30.8 Å². The molecule has 1 aromatic heterocycles. The highest BCUT2D eigenvalue weighted by Crippen LogP contribution is 2.28. The van der Waals surface area contributed by atoms with Crippen molar-refractivity contribution in [3.05, 3.63) is 45.6 Å². The normalized spacial score (nSPS) is 14.2. The smallest absolute Gasteiger partial charge is 0.263 e. The molecule has 0 bridgehead atoms. The van der Waals surface area contributed by atoms with Gasteiger partial charge in [0.15, 0.2) is 0 Å².